The molecule has 1 atom stereocenters. The maximum absolute atomic E-state index is 11.9. The number of ether oxygens (including phenoxy) is 1. The van der Waals surface area contributed by atoms with Gasteiger partial charge in [-0.15, -0.1) is 13.2 Å². The van der Waals surface area contributed by atoms with E-state index in [9.17, 15) is 13.2 Å². The third kappa shape index (κ3) is 4.69. The van der Waals surface area contributed by atoms with E-state index in [4.69, 9.17) is 5.11 Å². The molecule has 0 radical (unpaired) electrons. The van der Waals surface area contributed by atoms with Crippen molar-refractivity contribution in [2.24, 2.45) is 0 Å². The van der Waals surface area contributed by atoms with E-state index in [0.717, 1.165) is 0 Å². The summed E-state index contributed by atoms with van der Waals surface area (Å²) < 4.78 is 39.3. The Morgan fingerprint density at radius 2 is 2.07 bits per heavy atom. The highest BCUT2D eigenvalue weighted by atomic mass is 19.4. The number of hydrogen-bond acceptors (Lipinski definition) is 2. The van der Waals surface area contributed by atoms with Gasteiger partial charge in [-0.25, -0.2) is 0 Å². The molecule has 1 aromatic rings. The normalized spacial score (nSPS) is 13.7. The molecular weight excluding hydrogens is 209 g/mol. The van der Waals surface area contributed by atoms with Crippen molar-refractivity contribution in [3.8, 4) is 5.75 Å². The van der Waals surface area contributed by atoms with Crippen molar-refractivity contribution in [3.05, 3.63) is 29.8 Å². The van der Waals surface area contributed by atoms with Gasteiger partial charge in [0.2, 0.25) is 0 Å². The molecule has 1 rings (SSSR count). The van der Waals surface area contributed by atoms with Crippen LogP contribution >= 0.6 is 0 Å². The van der Waals surface area contributed by atoms with Crippen LogP contribution in [0.3, 0.4) is 0 Å². The first-order chi connectivity index (χ1) is 6.87. The van der Waals surface area contributed by atoms with E-state index in [1.165, 1.54) is 18.2 Å². The molecule has 5 heteroatoms. The fourth-order valence-corrected chi connectivity index (χ4v) is 1.21. The molecule has 1 aromatic carbocycles. The van der Waals surface area contributed by atoms with E-state index in [2.05, 4.69) is 4.74 Å². The minimum absolute atomic E-state index is 0.263. The molecule has 15 heavy (non-hydrogen) atoms. The molecule has 0 aromatic heterocycles. The minimum Gasteiger partial charge on any atom is -0.406 e. The zero-order chi connectivity index (χ0) is 11.5. The van der Waals surface area contributed by atoms with E-state index in [-0.39, 0.29) is 5.75 Å². The first kappa shape index (κ1) is 11.8. The number of benzene rings is 1. The molecule has 0 aliphatic rings. The summed E-state index contributed by atoms with van der Waals surface area (Å²) in [6.07, 6.45) is -4.97. The summed E-state index contributed by atoms with van der Waals surface area (Å²) in [7, 11) is 0. The highest BCUT2D eigenvalue weighted by Crippen LogP contribution is 2.23. The van der Waals surface area contributed by atoms with Crippen LogP contribution in [-0.2, 0) is 6.42 Å². The topological polar surface area (TPSA) is 29.5 Å². The molecule has 84 valence electrons. The Morgan fingerprint density at radius 1 is 1.40 bits per heavy atom. The predicted molar refractivity (Wildman–Crippen MR) is 48.5 cm³/mol. The molecule has 0 unspecified atom stereocenters. The van der Waals surface area contributed by atoms with Crippen LogP contribution in [0.5, 0.6) is 5.75 Å². The van der Waals surface area contributed by atoms with E-state index in [1.54, 1.807) is 13.0 Å². The molecule has 2 nitrogen and oxygen atoms in total. The smallest absolute Gasteiger partial charge is 0.406 e. The van der Waals surface area contributed by atoms with Crippen LogP contribution in [0.15, 0.2) is 24.3 Å². The third-order valence-electron chi connectivity index (χ3n) is 1.66. The minimum atomic E-state index is -4.68. The number of alkyl halides is 3. The van der Waals surface area contributed by atoms with Crippen molar-refractivity contribution in [1.29, 1.82) is 0 Å². The largest absolute Gasteiger partial charge is 0.573 e. The lowest BCUT2D eigenvalue weighted by Gasteiger charge is -2.10. The number of aliphatic hydroxyl groups excluding tert-OH is 1. The third-order valence-corrected chi connectivity index (χ3v) is 1.66. The van der Waals surface area contributed by atoms with Gasteiger partial charge < -0.3 is 9.84 Å². The van der Waals surface area contributed by atoms with Gasteiger partial charge in [-0.05, 0) is 31.0 Å². The fraction of sp³-hybridized carbons (Fsp3) is 0.400. The monoisotopic (exact) mass is 220 g/mol. The van der Waals surface area contributed by atoms with Crippen molar-refractivity contribution in [2.75, 3.05) is 0 Å². The maximum Gasteiger partial charge on any atom is 0.573 e. The van der Waals surface area contributed by atoms with Crippen LogP contribution in [0.4, 0.5) is 13.2 Å². The van der Waals surface area contributed by atoms with Gasteiger partial charge in [0.05, 0.1) is 6.10 Å². The van der Waals surface area contributed by atoms with Crippen molar-refractivity contribution in [1.82, 2.24) is 0 Å². The van der Waals surface area contributed by atoms with Crippen LogP contribution in [0, 0.1) is 0 Å². The van der Waals surface area contributed by atoms with Crippen molar-refractivity contribution < 1.29 is 23.0 Å². The zero-order valence-electron chi connectivity index (χ0n) is 8.08. The van der Waals surface area contributed by atoms with Crippen LogP contribution in [0.1, 0.15) is 12.5 Å². The number of aliphatic hydroxyl groups is 1. The molecule has 0 heterocycles. The molecular formula is C10H11F3O2. The Bertz CT molecular complexity index is 321. The quantitative estimate of drug-likeness (QED) is 0.848. The van der Waals surface area contributed by atoms with E-state index < -0.39 is 12.5 Å². The first-order valence-corrected chi connectivity index (χ1v) is 4.39. The standard InChI is InChI=1S/C10H11F3O2/c1-7(14)5-8-3-2-4-9(6-8)15-10(11,12)13/h2-4,6-7,14H,5H2,1H3/t7-/m1/s1. The molecule has 0 fully saturated rings. The highest BCUT2D eigenvalue weighted by molar-refractivity contribution is 5.29. The lowest BCUT2D eigenvalue weighted by Crippen LogP contribution is -2.17. The summed E-state index contributed by atoms with van der Waals surface area (Å²) in [6.45, 7) is 1.57. The van der Waals surface area contributed by atoms with E-state index in [1.807, 2.05) is 0 Å². The van der Waals surface area contributed by atoms with Crippen molar-refractivity contribution >= 4 is 0 Å². The molecule has 0 saturated carbocycles. The Labute approximate surface area is 85.3 Å². The first-order valence-electron chi connectivity index (χ1n) is 4.39. The van der Waals surface area contributed by atoms with Gasteiger partial charge >= 0.3 is 6.36 Å². The van der Waals surface area contributed by atoms with Crippen LogP contribution in [-0.4, -0.2) is 17.6 Å². The molecule has 1 N–H and O–H groups in total. The lowest BCUT2D eigenvalue weighted by atomic mass is 10.1. The maximum atomic E-state index is 11.9. The summed E-state index contributed by atoms with van der Waals surface area (Å²) in [5.41, 5.74) is 0.603. The second kappa shape index (κ2) is 4.53. The predicted octanol–water partition coefficient (Wildman–Crippen LogP) is 2.51. The molecule has 0 amide bonds. The molecule has 0 bridgehead atoms. The van der Waals surface area contributed by atoms with Crippen LogP contribution in [0.2, 0.25) is 0 Å². The molecule has 0 saturated heterocycles. The molecule has 0 spiro atoms. The summed E-state index contributed by atoms with van der Waals surface area (Å²) in [4.78, 5) is 0. The Balaban J connectivity index is 2.74. The molecule has 0 aliphatic carbocycles. The second-order valence-electron chi connectivity index (χ2n) is 3.25. The zero-order valence-corrected chi connectivity index (χ0v) is 8.08. The van der Waals surface area contributed by atoms with E-state index >= 15 is 0 Å². The Hall–Kier alpha value is -1.23. The summed E-state index contributed by atoms with van der Waals surface area (Å²) in [5, 5.41) is 9.07. The van der Waals surface area contributed by atoms with Gasteiger partial charge in [-0.1, -0.05) is 12.1 Å². The van der Waals surface area contributed by atoms with Gasteiger partial charge in [-0.3, -0.25) is 0 Å². The van der Waals surface area contributed by atoms with Gasteiger partial charge in [0.1, 0.15) is 5.75 Å². The Kier molecular flexibility index (Phi) is 3.57. The fourth-order valence-electron chi connectivity index (χ4n) is 1.21. The van der Waals surface area contributed by atoms with Gasteiger partial charge in [0, 0.05) is 0 Å². The number of hydrogen-bond donors (Lipinski definition) is 1. The van der Waals surface area contributed by atoms with Gasteiger partial charge in [0.25, 0.3) is 0 Å². The summed E-state index contributed by atoms with van der Waals surface area (Å²) in [5.74, 6) is -0.263. The second-order valence-corrected chi connectivity index (χ2v) is 3.25. The average molecular weight is 220 g/mol. The number of rotatable bonds is 3. The van der Waals surface area contributed by atoms with Crippen LogP contribution < -0.4 is 4.74 Å². The molecule has 0 aliphatic heterocycles. The van der Waals surface area contributed by atoms with Crippen molar-refractivity contribution in [2.45, 2.75) is 25.8 Å². The van der Waals surface area contributed by atoms with Crippen LogP contribution in [0.25, 0.3) is 0 Å². The number of halogens is 3. The van der Waals surface area contributed by atoms with Crippen molar-refractivity contribution in [3.63, 3.8) is 0 Å². The van der Waals surface area contributed by atoms with Gasteiger partial charge in [-0.2, -0.15) is 0 Å². The lowest BCUT2D eigenvalue weighted by molar-refractivity contribution is -0.274. The summed E-state index contributed by atoms with van der Waals surface area (Å²) >= 11 is 0. The Morgan fingerprint density at radius 3 is 2.60 bits per heavy atom. The van der Waals surface area contributed by atoms with E-state index in [0.29, 0.717) is 12.0 Å². The average Bonchev–Trinajstić information content (AvgIpc) is 1.99. The summed E-state index contributed by atoms with van der Waals surface area (Å²) in [6, 6.07) is 5.58. The SMILES string of the molecule is C[C@@H](O)Cc1cccc(OC(F)(F)F)c1. The van der Waals surface area contributed by atoms with Gasteiger partial charge in [0.15, 0.2) is 0 Å². The highest BCUT2D eigenvalue weighted by Gasteiger charge is 2.31.